The largest absolute Gasteiger partial charge is 0.317 e. The van der Waals surface area contributed by atoms with E-state index in [1.54, 1.807) is 0 Å². The van der Waals surface area contributed by atoms with Crippen molar-refractivity contribution in [3.8, 4) is 0 Å². The first-order chi connectivity index (χ1) is 8.72. The highest BCUT2D eigenvalue weighted by molar-refractivity contribution is 5.78. The lowest BCUT2D eigenvalue weighted by Gasteiger charge is -2.20. The van der Waals surface area contributed by atoms with Gasteiger partial charge in [0.25, 0.3) is 0 Å². The summed E-state index contributed by atoms with van der Waals surface area (Å²) < 4.78 is 0. The van der Waals surface area contributed by atoms with Crippen LogP contribution in [-0.2, 0) is 0 Å². The lowest BCUT2D eigenvalue weighted by molar-refractivity contribution is 0.453. The summed E-state index contributed by atoms with van der Waals surface area (Å²) in [5.74, 6) is 1.15. The van der Waals surface area contributed by atoms with Gasteiger partial charge in [-0.3, -0.25) is 4.98 Å². The summed E-state index contributed by atoms with van der Waals surface area (Å²) in [5.41, 5.74) is 2.41. The number of nitrogens with one attached hydrogen (secondary N) is 1. The second-order valence-electron chi connectivity index (χ2n) is 5.03. The number of benzene rings is 1. The molecule has 18 heavy (non-hydrogen) atoms. The van der Waals surface area contributed by atoms with Crippen LogP contribution >= 0.6 is 0 Å². The summed E-state index contributed by atoms with van der Waals surface area (Å²) in [5, 5.41) is 4.65. The second kappa shape index (κ2) is 5.96. The minimum atomic E-state index is 0.529. The molecule has 0 aliphatic heterocycles. The monoisotopic (exact) mass is 242 g/mol. The van der Waals surface area contributed by atoms with Gasteiger partial charge in [-0.25, -0.2) is 0 Å². The molecule has 0 saturated carbocycles. The Labute approximate surface area is 109 Å². The highest BCUT2D eigenvalue weighted by Crippen LogP contribution is 2.25. The summed E-state index contributed by atoms with van der Waals surface area (Å²) >= 11 is 0. The van der Waals surface area contributed by atoms with Gasteiger partial charge in [0.2, 0.25) is 0 Å². The van der Waals surface area contributed by atoms with Gasteiger partial charge in [0.05, 0.1) is 5.52 Å². The number of rotatable bonds is 5. The molecule has 2 atom stereocenters. The average Bonchev–Trinajstić information content (AvgIpc) is 2.43. The molecule has 96 valence electrons. The van der Waals surface area contributed by atoms with Crippen LogP contribution in [0.4, 0.5) is 0 Å². The van der Waals surface area contributed by atoms with Crippen LogP contribution in [0, 0.1) is 5.92 Å². The summed E-state index contributed by atoms with van der Waals surface area (Å²) in [6.07, 6.45) is 2.02. The predicted molar refractivity (Wildman–Crippen MR) is 77.9 cm³/mol. The van der Waals surface area contributed by atoms with Crippen molar-refractivity contribution in [1.29, 1.82) is 0 Å². The van der Waals surface area contributed by atoms with Crippen LogP contribution in [0.5, 0.6) is 0 Å². The van der Waals surface area contributed by atoms with E-state index in [1.165, 1.54) is 10.9 Å². The number of hydrogen-bond donors (Lipinski definition) is 1. The standard InChI is InChI=1S/C16H22N2/c1-4-17-10-12(2)13(3)15-9-14-7-5-6-8-16(14)18-11-15/h5-9,11-13,17H,4,10H2,1-3H3. The van der Waals surface area contributed by atoms with Crippen LogP contribution in [0.25, 0.3) is 10.9 Å². The fourth-order valence-electron chi connectivity index (χ4n) is 2.21. The SMILES string of the molecule is CCNCC(C)C(C)c1cnc2ccccc2c1. The first-order valence-corrected chi connectivity index (χ1v) is 6.77. The van der Waals surface area contributed by atoms with Gasteiger partial charge in [-0.2, -0.15) is 0 Å². The molecule has 2 heteroatoms. The fraction of sp³-hybridized carbons (Fsp3) is 0.438. The Bertz CT molecular complexity index is 507. The maximum atomic E-state index is 4.54. The van der Waals surface area contributed by atoms with E-state index in [4.69, 9.17) is 0 Å². The smallest absolute Gasteiger partial charge is 0.0702 e. The summed E-state index contributed by atoms with van der Waals surface area (Å²) in [7, 11) is 0. The van der Waals surface area contributed by atoms with Crippen molar-refractivity contribution in [1.82, 2.24) is 10.3 Å². The number of pyridine rings is 1. The van der Waals surface area contributed by atoms with Crippen molar-refractivity contribution in [2.24, 2.45) is 5.92 Å². The lowest BCUT2D eigenvalue weighted by atomic mass is 9.89. The van der Waals surface area contributed by atoms with Gasteiger partial charge in [-0.15, -0.1) is 0 Å². The molecule has 1 heterocycles. The molecule has 0 aliphatic rings. The topological polar surface area (TPSA) is 24.9 Å². The Morgan fingerprint density at radius 2 is 2.00 bits per heavy atom. The number of nitrogens with zero attached hydrogens (tertiary/aromatic N) is 1. The summed E-state index contributed by atoms with van der Waals surface area (Å²) in [6, 6.07) is 10.6. The zero-order chi connectivity index (χ0) is 13.0. The molecule has 2 unspecified atom stereocenters. The van der Waals surface area contributed by atoms with Crippen molar-refractivity contribution in [3.63, 3.8) is 0 Å². The van der Waals surface area contributed by atoms with Crippen LogP contribution in [0.15, 0.2) is 36.5 Å². The minimum absolute atomic E-state index is 0.529. The zero-order valence-electron chi connectivity index (χ0n) is 11.5. The van der Waals surface area contributed by atoms with E-state index in [1.807, 2.05) is 12.3 Å². The second-order valence-corrected chi connectivity index (χ2v) is 5.03. The van der Waals surface area contributed by atoms with Crippen molar-refractivity contribution in [2.45, 2.75) is 26.7 Å². The number of fused-ring (bicyclic) bond motifs is 1. The third-order valence-electron chi connectivity index (χ3n) is 3.71. The van der Waals surface area contributed by atoms with Gasteiger partial charge in [0.15, 0.2) is 0 Å². The molecule has 2 nitrogen and oxygen atoms in total. The number of hydrogen-bond acceptors (Lipinski definition) is 2. The van der Waals surface area contributed by atoms with E-state index in [9.17, 15) is 0 Å². The number of aromatic nitrogens is 1. The molecule has 1 N–H and O–H groups in total. The first-order valence-electron chi connectivity index (χ1n) is 6.77. The summed E-state index contributed by atoms with van der Waals surface area (Å²) in [6.45, 7) is 8.82. The van der Waals surface area contributed by atoms with E-state index in [0.29, 0.717) is 11.8 Å². The molecular formula is C16H22N2. The molecule has 0 fully saturated rings. The van der Waals surface area contributed by atoms with Gasteiger partial charge in [-0.05, 0) is 42.6 Å². The van der Waals surface area contributed by atoms with E-state index in [2.05, 4.69) is 55.3 Å². The van der Waals surface area contributed by atoms with E-state index in [-0.39, 0.29) is 0 Å². The Kier molecular flexibility index (Phi) is 4.32. The van der Waals surface area contributed by atoms with Crippen LogP contribution in [0.2, 0.25) is 0 Å². The van der Waals surface area contributed by atoms with Crippen molar-refractivity contribution < 1.29 is 0 Å². The van der Waals surface area contributed by atoms with Gasteiger partial charge in [0.1, 0.15) is 0 Å². The lowest BCUT2D eigenvalue weighted by Crippen LogP contribution is -2.24. The van der Waals surface area contributed by atoms with Gasteiger partial charge in [-0.1, -0.05) is 39.0 Å². The molecule has 0 spiro atoms. The molecule has 0 amide bonds. The minimum Gasteiger partial charge on any atom is -0.317 e. The predicted octanol–water partition coefficient (Wildman–Crippen LogP) is 3.58. The zero-order valence-corrected chi connectivity index (χ0v) is 11.5. The third-order valence-corrected chi connectivity index (χ3v) is 3.71. The van der Waals surface area contributed by atoms with Gasteiger partial charge in [0, 0.05) is 11.6 Å². The first kappa shape index (κ1) is 13.0. The summed E-state index contributed by atoms with van der Waals surface area (Å²) in [4.78, 5) is 4.54. The van der Waals surface area contributed by atoms with E-state index >= 15 is 0 Å². The van der Waals surface area contributed by atoms with Crippen LogP contribution < -0.4 is 5.32 Å². The molecule has 0 saturated heterocycles. The molecule has 0 bridgehead atoms. The maximum Gasteiger partial charge on any atom is 0.0702 e. The molecule has 1 aromatic carbocycles. The normalized spacial score (nSPS) is 14.6. The van der Waals surface area contributed by atoms with E-state index < -0.39 is 0 Å². The highest BCUT2D eigenvalue weighted by Gasteiger charge is 2.14. The van der Waals surface area contributed by atoms with Gasteiger partial charge < -0.3 is 5.32 Å². The van der Waals surface area contributed by atoms with Crippen molar-refractivity contribution >= 4 is 10.9 Å². The van der Waals surface area contributed by atoms with Crippen molar-refractivity contribution in [2.75, 3.05) is 13.1 Å². The Morgan fingerprint density at radius 1 is 1.22 bits per heavy atom. The molecular weight excluding hydrogens is 220 g/mol. The third kappa shape index (κ3) is 2.88. The highest BCUT2D eigenvalue weighted by atomic mass is 14.8. The van der Waals surface area contributed by atoms with Crippen LogP contribution in [0.1, 0.15) is 32.3 Å². The maximum absolute atomic E-state index is 4.54. The number of para-hydroxylation sites is 1. The molecule has 2 aromatic rings. The van der Waals surface area contributed by atoms with E-state index in [0.717, 1.165) is 18.6 Å². The fourth-order valence-corrected chi connectivity index (χ4v) is 2.21. The average molecular weight is 242 g/mol. The molecule has 1 aromatic heterocycles. The van der Waals surface area contributed by atoms with Crippen LogP contribution in [-0.4, -0.2) is 18.1 Å². The Morgan fingerprint density at radius 3 is 2.78 bits per heavy atom. The van der Waals surface area contributed by atoms with Gasteiger partial charge >= 0.3 is 0 Å². The molecule has 2 rings (SSSR count). The molecule has 0 radical (unpaired) electrons. The Hall–Kier alpha value is -1.41. The van der Waals surface area contributed by atoms with Crippen molar-refractivity contribution in [3.05, 3.63) is 42.1 Å². The quantitative estimate of drug-likeness (QED) is 0.866. The Balaban J connectivity index is 2.19. The van der Waals surface area contributed by atoms with Crippen LogP contribution in [0.3, 0.4) is 0 Å². The molecule has 0 aliphatic carbocycles.